The summed E-state index contributed by atoms with van der Waals surface area (Å²) in [5, 5.41) is 5.09. The second kappa shape index (κ2) is 6.10. The Labute approximate surface area is 129 Å². The monoisotopic (exact) mass is 297 g/mol. The number of benzene rings is 2. The quantitative estimate of drug-likeness (QED) is 0.772. The van der Waals surface area contributed by atoms with Crippen molar-refractivity contribution in [2.75, 3.05) is 5.32 Å². The largest absolute Gasteiger partial charge is 0.365 e. The first kappa shape index (κ1) is 13.8. The normalized spacial score (nSPS) is 10.8. The van der Waals surface area contributed by atoms with E-state index in [1.165, 1.54) is 5.56 Å². The molecule has 1 heterocycles. The van der Waals surface area contributed by atoms with Crippen LogP contribution in [0.15, 0.2) is 48.5 Å². The molecule has 3 nitrogen and oxygen atoms in total. The summed E-state index contributed by atoms with van der Waals surface area (Å²) < 4.78 is 0. The molecule has 0 atom stereocenters. The van der Waals surface area contributed by atoms with Crippen molar-refractivity contribution in [3.63, 3.8) is 0 Å². The minimum Gasteiger partial charge on any atom is -0.365 e. The van der Waals surface area contributed by atoms with Crippen LogP contribution < -0.4 is 5.32 Å². The van der Waals surface area contributed by atoms with Crippen molar-refractivity contribution in [3.05, 3.63) is 64.9 Å². The molecule has 0 saturated carbocycles. The van der Waals surface area contributed by atoms with Gasteiger partial charge in [0.25, 0.3) is 0 Å². The zero-order valence-electron chi connectivity index (χ0n) is 11.8. The molecule has 0 amide bonds. The SMILES string of the molecule is CCc1nc(NCc2ccccc2)c2ccc(Cl)cc2n1. The van der Waals surface area contributed by atoms with Gasteiger partial charge in [-0.2, -0.15) is 0 Å². The van der Waals surface area contributed by atoms with Gasteiger partial charge in [0.2, 0.25) is 0 Å². The van der Waals surface area contributed by atoms with E-state index in [-0.39, 0.29) is 0 Å². The first-order valence-electron chi connectivity index (χ1n) is 7.00. The van der Waals surface area contributed by atoms with Crippen LogP contribution in [-0.4, -0.2) is 9.97 Å². The van der Waals surface area contributed by atoms with Gasteiger partial charge < -0.3 is 5.32 Å². The Morgan fingerprint density at radius 3 is 2.62 bits per heavy atom. The van der Waals surface area contributed by atoms with Crippen LogP contribution >= 0.6 is 11.6 Å². The van der Waals surface area contributed by atoms with Gasteiger partial charge in [-0.15, -0.1) is 0 Å². The maximum absolute atomic E-state index is 6.06. The molecule has 0 radical (unpaired) electrons. The summed E-state index contributed by atoms with van der Waals surface area (Å²) in [6.45, 7) is 2.78. The highest BCUT2D eigenvalue weighted by atomic mass is 35.5. The van der Waals surface area contributed by atoms with Crippen LogP contribution in [0.4, 0.5) is 5.82 Å². The summed E-state index contributed by atoms with van der Waals surface area (Å²) >= 11 is 6.06. The molecule has 106 valence electrons. The molecule has 3 rings (SSSR count). The van der Waals surface area contributed by atoms with Gasteiger partial charge in [-0.1, -0.05) is 48.9 Å². The summed E-state index contributed by atoms with van der Waals surface area (Å²) in [7, 11) is 0. The van der Waals surface area contributed by atoms with Gasteiger partial charge in [-0.25, -0.2) is 9.97 Å². The van der Waals surface area contributed by atoms with Gasteiger partial charge in [-0.3, -0.25) is 0 Å². The summed E-state index contributed by atoms with van der Waals surface area (Å²) in [6, 6.07) is 16.0. The maximum atomic E-state index is 6.06. The predicted octanol–water partition coefficient (Wildman–Crippen LogP) is 4.46. The van der Waals surface area contributed by atoms with Crippen molar-refractivity contribution in [1.29, 1.82) is 0 Å². The van der Waals surface area contributed by atoms with E-state index in [2.05, 4.69) is 27.4 Å². The van der Waals surface area contributed by atoms with Crippen LogP contribution in [0.1, 0.15) is 18.3 Å². The predicted molar refractivity (Wildman–Crippen MR) is 87.7 cm³/mol. The van der Waals surface area contributed by atoms with E-state index < -0.39 is 0 Å². The van der Waals surface area contributed by atoms with Crippen molar-refractivity contribution >= 4 is 28.3 Å². The van der Waals surface area contributed by atoms with E-state index in [0.717, 1.165) is 35.5 Å². The number of rotatable bonds is 4. The zero-order valence-corrected chi connectivity index (χ0v) is 12.6. The molecule has 0 bridgehead atoms. The Kier molecular flexibility index (Phi) is 4.02. The van der Waals surface area contributed by atoms with Gasteiger partial charge in [-0.05, 0) is 23.8 Å². The lowest BCUT2D eigenvalue weighted by atomic mass is 10.2. The number of halogens is 1. The van der Waals surface area contributed by atoms with Gasteiger partial charge in [0.15, 0.2) is 0 Å². The third kappa shape index (κ3) is 3.14. The molecule has 0 spiro atoms. The van der Waals surface area contributed by atoms with Crippen LogP contribution in [0.3, 0.4) is 0 Å². The van der Waals surface area contributed by atoms with Gasteiger partial charge in [0.1, 0.15) is 11.6 Å². The molecule has 21 heavy (non-hydrogen) atoms. The Morgan fingerprint density at radius 2 is 1.86 bits per heavy atom. The molecule has 1 aromatic heterocycles. The minimum absolute atomic E-state index is 0.692. The third-order valence-electron chi connectivity index (χ3n) is 3.32. The first-order chi connectivity index (χ1) is 10.3. The lowest BCUT2D eigenvalue weighted by Gasteiger charge is -2.10. The third-order valence-corrected chi connectivity index (χ3v) is 3.56. The molecule has 2 aromatic carbocycles. The average Bonchev–Trinajstić information content (AvgIpc) is 2.52. The van der Waals surface area contributed by atoms with Crippen molar-refractivity contribution in [3.8, 4) is 0 Å². The minimum atomic E-state index is 0.692. The van der Waals surface area contributed by atoms with E-state index in [0.29, 0.717) is 5.02 Å². The average molecular weight is 298 g/mol. The molecular weight excluding hydrogens is 282 g/mol. The van der Waals surface area contributed by atoms with E-state index in [4.69, 9.17) is 11.6 Å². The molecule has 0 fully saturated rings. The van der Waals surface area contributed by atoms with Gasteiger partial charge in [0.05, 0.1) is 5.52 Å². The van der Waals surface area contributed by atoms with E-state index in [9.17, 15) is 0 Å². The Balaban J connectivity index is 1.96. The van der Waals surface area contributed by atoms with Crippen LogP contribution in [0.2, 0.25) is 5.02 Å². The second-order valence-corrected chi connectivity index (χ2v) is 5.28. The molecule has 0 aliphatic rings. The second-order valence-electron chi connectivity index (χ2n) is 4.84. The number of nitrogens with one attached hydrogen (secondary N) is 1. The smallest absolute Gasteiger partial charge is 0.137 e. The van der Waals surface area contributed by atoms with Gasteiger partial charge in [0, 0.05) is 23.4 Å². The summed E-state index contributed by atoms with van der Waals surface area (Å²) in [5.74, 6) is 1.68. The van der Waals surface area contributed by atoms with E-state index >= 15 is 0 Å². The first-order valence-corrected chi connectivity index (χ1v) is 7.38. The van der Waals surface area contributed by atoms with Crippen LogP contribution in [-0.2, 0) is 13.0 Å². The Bertz CT molecular complexity index is 757. The standard InChI is InChI=1S/C17H16ClN3/c1-2-16-20-15-10-13(18)8-9-14(15)17(21-16)19-11-12-6-4-3-5-7-12/h3-10H,2,11H2,1H3,(H,19,20,21). The van der Waals surface area contributed by atoms with Crippen LogP contribution in [0.5, 0.6) is 0 Å². The van der Waals surface area contributed by atoms with Crippen LogP contribution in [0.25, 0.3) is 10.9 Å². The molecule has 0 aliphatic carbocycles. The van der Waals surface area contributed by atoms with Crippen molar-refractivity contribution in [2.24, 2.45) is 0 Å². The fraction of sp³-hybridized carbons (Fsp3) is 0.176. The summed E-state index contributed by atoms with van der Waals surface area (Å²) in [6.07, 6.45) is 0.794. The molecule has 4 heteroatoms. The van der Waals surface area contributed by atoms with E-state index in [1.807, 2.05) is 43.3 Å². The molecule has 3 aromatic rings. The fourth-order valence-electron chi connectivity index (χ4n) is 2.23. The van der Waals surface area contributed by atoms with Crippen molar-refractivity contribution < 1.29 is 0 Å². The Hall–Kier alpha value is -2.13. The maximum Gasteiger partial charge on any atom is 0.137 e. The summed E-state index contributed by atoms with van der Waals surface area (Å²) in [4.78, 5) is 9.13. The highest BCUT2D eigenvalue weighted by Gasteiger charge is 2.07. The lowest BCUT2D eigenvalue weighted by molar-refractivity contribution is 0.953. The summed E-state index contributed by atoms with van der Waals surface area (Å²) in [5.41, 5.74) is 2.10. The fourth-order valence-corrected chi connectivity index (χ4v) is 2.39. The number of fused-ring (bicyclic) bond motifs is 1. The number of nitrogens with zero attached hydrogens (tertiary/aromatic N) is 2. The molecule has 1 N–H and O–H groups in total. The van der Waals surface area contributed by atoms with Crippen LogP contribution in [0, 0.1) is 0 Å². The number of hydrogen-bond acceptors (Lipinski definition) is 3. The van der Waals surface area contributed by atoms with E-state index in [1.54, 1.807) is 0 Å². The lowest BCUT2D eigenvalue weighted by Crippen LogP contribution is -2.05. The topological polar surface area (TPSA) is 37.8 Å². The van der Waals surface area contributed by atoms with Gasteiger partial charge >= 0.3 is 0 Å². The molecular formula is C17H16ClN3. The molecule has 0 saturated heterocycles. The molecule has 0 unspecified atom stereocenters. The number of hydrogen-bond donors (Lipinski definition) is 1. The number of aromatic nitrogens is 2. The highest BCUT2D eigenvalue weighted by Crippen LogP contribution is 2.24. The molecule has 0 aliphatic heterocycles. The van der Waals surface area contributed by atoms with Crippen molar-refractivity contribution in [2.45, 2.75) is 19.9 Å². The highest BCUT2D eigenvalue weighted by molar-refractivity contribution is 6.31. The zero-order chi connectivity index (χ0) is 14.7. The van der Waals surface area contributed by atoms with Crippen molar-refractivity contribution in [1.82, 2.24) is 9.97 Å². The number of aryl methyl sites for hydroxylation is 1. The Morgan fingerprint density at radius 1 is 1.05 bits per heavy atom. The number of anilines is 1.